The molecule has 3 N–H and O–H groups in total. The number of benzene rings is 1. The molecular weight excluding hydrogens is 250 g/mol. The summed E-state index contributed by atoms with van der Waals surface area (Å²) in [7, 11) is 0. The van der Waals surface area contributed by atoms with E-state index in [1.165, 1.54) is 0 Å². The highest BCUT2D eigenvalue weighted by Gasteiger charge is 2.28. The van der Waals surface area contributed by atoms with Crippen molar-refractivity contribution < 1.29 is 5.11 Å². The van der Waals surface area contributed by atoms with Crippen molar-refractivity contribution in [3.63, 3.8) is 0 Å². The van der Waals surface area contributed by atoms with Crippen LogP contribution in [0.2, 0.25) is 0 Å². The molecule has 0 saturated carbocycles. The third-order valence-corrected chi connectivity index (χ3v) is 3.83. The Kier molecular flexibility index (Phi) is 4.57. The van der Waals surface area contributed by atoms with Crippen molar-refractivity contribution in [1.82, 2.24) is 9.78 Å². The van der Waals surface area contributed by atoms with Crippen molar-refractivity contribution in [2.75, 3.05) is 6.54 Å². The van der Waals surface area contributed by atoms with Crippen molar-refractivity contribution >= 4 is 0 Å². The summed E-state index contributed by atoms with van der Waals surface area (Å²) >= 11 is 0. The number of aliphatic hydroxyl groups is 1. The van der Waals surface area contributed by atoms with Crippen LogP contribution in [0.5, 0.6) is 0 Å². The van der Waals surface area contributed by atoms with Gasteiger partial charge in [0.05, 0.1) is 5.69 Å². The number of nitrogens with two attached hydrogens (primary N) is 1. The minimum Gasteiger partial charge on any atom is -0.383 e. The zero-order chi connectivity index (χ0) is 14.6. The smallest absolute Gasteiger partial charge is 0.107 e. The first-order chi connectivity index (χ1) is 9.59. The van der Waals surface area contributed by atoms with Gasteiger partial charge in [-0.25, -0.2) is 0 Å². The molecule has 4 nitrogen and oxygen atoms in total. The monoisotopic (exact) mass is 273 g/mol. The fourth-order valence-electron chi connectivity index (χ4n) is 2.24. The molecular formula is C16H23N3O. The van der Waals surface area contributed by atoms with E-state index in [0.717, 1.165) is 17.7 Å². The molecule has 2 atom stereocenters. The van der Waals surface area contributed by atoms with E-state index < -0.39 is 5.60 Å². The Morgan fingerprint density at radius 2 is 2.00 bits per heavy atom. The fourth-order valence-corrected chi connectivity index (χ4v) is 2.24. The highest BCUT2D eigenvalue weighted by Crippen LogP contribution is 2.24. The van der Waals surface area contributed by atoms with Gasteiger partial charge in [-0.15, -0.1) is 0 Å². The molecule has 0 aliphatic heterocycles. The minimum absolute atomic E-state index is 0.174. The van der Waals surface area contributed by atoms with E-state index in [4.69, 9.17) is 5.73 Å². The highest BCUT2D eigenvalue weighted by atomic mass is 16.3. The predicted molar refractivity (Wildman–Crippen MR) is 80.3 cm³/mol. The molecule has 0 radical (unpaired) electrons. The normalized spacial score (nSPS) is 15.8. The molecule has 2 aromatic rings. The van der Waals surface area contributed by atoms with Crippen LogP contribution in [0.15, 0.2) is 42.6 Å². The van der Waals surface area contributed by atoms with E-state index in [0.29, 0.717) is 12.5 Å². The van der Waals surface area contributed by atoms with Gasteiger partial charge in [0.15, 0.2) is 0 Å². The number of nitrogens with zero attached hydrogens (tertiary/aromatic N) is 2. The van der Waals surface area contributed by atoms with Crippen molar-refractivity contribution in [2.24, 2.45) is 5.73 Å². The molecule has 0 bridgehead atoms. The lowest BCUT2D eigenvalue weighted by Gasteiger charge is -2.26. The third kappa shape index (κ3) is 3.08. The highest BCUT2D eigenvalue weighted by molar-refractivity contribution is 5.25. The number of aromatic nitrogens is 2. The first-order valence-electron chi connectivity index (χ1n) is 7.11. The summed E-state index contributed by atoms with van der Waals surface area (Å²) in [5.41, 5.74) is 6.43. The van der Waals surface area contributed by atoms with Crippen LogP contribution >= 0.6 is 0 Å². The minimum atomic E-state index is -1.06. The lowest BCUT2D eigenvalue weighted by atomic mass is 9.89. The van der Waals surface area contributed by atoms with Crippen LogP contribution in [0.4, 0.5) is 0 Å². The molecule has 0 amide bonds. The molecule has 108 valence electrons. The standard InChI is InChI=1S/C16H23N3O/c1-3-13(2)19-10-9-15(18-19)11-16(20,12-17)14-7-5-4-6-8-14/h4-10,13,20H,3,11-12,17H2,1-2H3. The van der Waals surface area contributed by atoms with E-state index in [1.54, 1.807) is 0 Å². The van der Waals surface area contributed by atoms with E-state index in [2.05, 4.69) is 18.9 Å². The average Bonchev–Trinajstić information content (AvgIpc) is 2.95. The van der Waals surface area contributed by atoms with Gasteiger partial charge < -0.3 is 10.8 Å². The Balaban J connectivity index is 2.20. The van der Waals surface area contributed by atoms with Crippen LogP contribution in [0, 0.1) is 0 Å². The van der Waals surface area contributed by atoms with Crippen molar-refractivity contribution in [3.05, 3.63) is 53.9 Å². The van der Waals surface area contributed by atoms with Gasteiger partial charge in [-0.3, -0.25) is 4.68 Å². The second-order valence-electron chi connectivity index (χ2n) is 5.32. The zero-order valence-electron chi connectivity index (χ0n) is 12.2. The molecule has 0 aliphatic carbocycles. The van der Waals surface area contributed by atoms with Crippen LogP contribution in [0.3, 0.4) is 0 Å². The lowest BCUT2D eigenvalue weighted by Crippen LogP contribution is -2.37. The number of hydrogen-bond donors (Lipinski definition) is 2. The van der Waals surface area contributed by atoms with Gasteiger partial charge in [0, 0.05) is 25.2 Å². The number of rotatable bonds is 6. The molecule has 0 aliphatic rings. The van der Waals surface area contributed by atoms with Gasteiger partial charge >= 0.3 is 0 Å². The summed E-state index contributed by atoms with van der Waals surface area (Å²) < 4.78 is 1.94. The van der Waals surface area contributed by atoms with Crippen LogP contribution < -0.4 is 5.73 Å². The second kappa shape index (κ2) is 6.20. The van der Waals surface area contributed by atoms with Crippen molar-refractivity contribution in [2.45, 2.75) is 38.3 Å². The molecule has 0 saturated heterocycles. The van der Waals surface area contributed by atoms with Gasteiger partial charge in [-0.2, -0.15) is 5.10 Å². The molecule has 0 spiro atoms. The molecule has 1 aromatic carbocycles. The molecule has 4 heteroatoms. The van der Waals surface area contributed by atoms with Gasteiger partial charge in [-0.05, 0) is 25.0 Å². The van der Waals surface area contributed by atoms with Gasteiger partial charge in [0.1, 0.15) is 5.60 Å². The first-order valence-corrected chi connectivity index (χ1v) is 7.11. The van der Waals surface area contributed by atoms with E-state index in [-0.39, 0.29) is 6.54 Å². The van der Waals surface area contributed by atoms with E-state index in [9.17, 15) is 5.11 Å². The van der Waals surface area contributed by atoms with Crippen molar-refractivity contribution in [1.29, 1.82) is 0 Å². The van der Waals surface area contributed by atoms with Gasteiger partial charge in [0.2, 0.25) is 0 Å². The second-order valence-corrected chi connectivity index (χ2v) is 5.32. The summed E-state index contributed by atoms with van der Waals surface area (Å²) in [6, 6.07) is 11.9. The maximum absolute atomic E-state index is 10.8. The van der Waals surface area contributed by atoms with Crippen LogP contribution in [-0.2, 0) is 12.0 Å². The molecule has 1 aromatic heterocycles. The third-order valence-electron chi connectivity index (χ3n) is 3.83. The first kappa shape index (κ1) is 14.8. The Morgan fingerprint density at radius 3 is 2.60 bits per heavy atom. The SMILES string of the molecule is CCC(C)n1ccc(CC(O)(CN)c2ccccc2)n1. The molecule has 2 unspecified atom stereocenters. The summed E-state index contributed by atoms with van der Waals surface area (Å²) in [5.74, 6) is 0. The average molecular weight is 273 g/mol. The largest absolute Gasteiger partial charge is 0.383 e. The topological polar surface area (TPSA) is 64.1 Å². The summed E-state index contributed by atoms with van der Waals surface area (Å²) in [5, 5.41) is 15.3. The Labute approximate surface area is 120 Å². The number of hydrogen-bond acceptors (Lipinski definition) is 3. The summed E-state index contributed by atoms with van der Waals surface area (Å²) in [6.07, 6.45) is 3.42. The maximum Gasteiger partial charge on any atom is 0.107 e. The van der Waals surface area contributed by atoms with Gasteiger partial charge in [-0.1, -0.05) is 37.3 Å². The fraction of sp³-hybridized carbons (Fsp3) is 0.438. The van der Waals surface area contributed by atoms with E-state index >= 15 is 0 Å². The molecule has 2 rings (SSSR count). The lowest BCUT2D eigenvalue weighted by molar-refractivity contribution is 0.0451. The Hall–Kier alpha value is -1.65. The Morgan fingerprint density at radius 1 is 1.30 bits per heavy atom. The quantitative estimate of drug-likeness (QED) is 0.848. The Bertz CT molecular complexity index is 538. The molecule has 1 heterocycles. The molecule has 0 fully saturated rings. The van der Waals surface area contributed by atoms with Crippen molar-refractivity contribution in [3.8, 4) is 0 Å². The predicted octanol–water partition coefficient (Wildman–Crippen LogP) is 2.24. The zero-order valence-corrected chi connectivity index (χ0v) is 12.2. The summed E-state index contributed by atoms with van der Waals surface area (Å²) in [4.78, 5) is 0. The van der Waals surface area contributed by atoms with Crippen LogP contribution in [0.1, 0.15) is 37.6 Å². The van der Waals surface area contributed by atoms with Crippen LogP contribution in [0.25, 0.3) is 0 Å². The maximum atomic E-state index is 10.8. The van der Waals surface area contributed by atoms with Gasteiger partial charge in [0.25, 0.3) is 0 Å². The molecule has 20 heavy (non-hydrogen) atoms. The van der Waals surface area contributed by atoms with Crippen LogP contribution in [-0.4, -0.2) is 21.4 Å². The van der Waals surface area contributed by atoms with E-state index in [1.807, 2.05) is 47.3 Å². The summed E-state index contributed by atoms with van der Waals surface area (Å²) in [6.45, 7) is 4.43.